The summed E-state index contributed by atoms with van der Waals surface area (Å²) in [6.07, 6.45) is 1.61. The zero-order valence-electron chi connectivity index (χ0n) is 18.4. The van der Waals surface area contributed by atoms with Crippen LogP contribution in [0.4, 0.5) is 8.78 Å². The number of hydrogen-bond donors (Lipinski definition) is 1. The van der Waals surface area contributed by atoms with Crippen molar-refractivity contribution >= 4 is 8.32 Å². The lowest BCUT2D eigenvalue weighted by molar-refractivity contribution is -0.0884. The zero-order valence-corrected chi connectivity index (χ0v) is 19.4. The van der Waals surface area contributed by atoms with Gasteiger partial charge in [-0.15, -0.1) is 0 Å². The van der Waals surface area contributed by atoms with Gasteiger partial charge in [0.25, 0.3) is 0 Å². The van der Waals surface area contributed by atoms with Crippen molar-refractivity contribution in [1.29, 1.82) is 0 Å². The lowest BCUT2D eigenvalue weighted by Gasteiger charge is -2.52. The third-order valence-corrected chi connectivity index (χ3v) is 11.6. The van der Waals surface area contributed by atoms with Crippen LogP contribution in [0.15, 0.2) is 12.1 Å². The first-order chi connectivity index (χ1) is 13.4. The van der Waals surface area contributed by atoms with Gasteiger partial charge < -0.3 is 19.2 Å². The number of rotatable bonds is 7. The maximum absolute atomic E-state index is 12.8. The average molecular weight is 429 g/mol. The zero-order chi connectivity index (χ0) is 21.5. The first-order valence-electron chi connectivity index (χ1n) is 10.4. The van der Waals surface area contributed by atoms with Crippen LogP contribution in [-0.2, 0) is 20.1 Å². The lowest BCUT2D eigenvalue weighted by Crippen LogP contribution is -2.64. The average Bonchev–Trinajstić information content (AvgIpc) is 2.58. The van der Waals surface area contributed by atoms with Gasteiger partial charge in [-0.2, -0.15) is 8.78 Å². The summed E-state index contributed by atoms with van der Waals surface area (Å²) in [4.78, 5) is 4.58. The highest BCUT2D eigenvalue weighted by Gasteiger charge is 2.51. The quantitative estimate of drug-likeness (QED) is 0.645. The standard InChI is InChI=1S/C21H34F2N2O3Si/c1-7-20(10-11-27-29(5,6)19(2,3)4)12-24-21(13-26-14-21)15-8-9-16(25-17(15)20)28-18(22)23/h8-9,18,24H,7,10-14H2,1-6H3. The van der Waals surface area contributed by atoms with Gasteiger partial charge in [0.1, 0.15) is 0 Å². The largest absolute Gasteiger partial charge is 0.417 e. The van der Waals surface area contributed by atoms with Crippen LogP contribution in [0.25, 0.3) is 0 Å². The summed E-state index contributed by atoms with van der Waals surface area (Å²) in [5, 5.41) is 3.81. The van der Waals surface area contributed by atoms with E-state index in [0.29, 0.717) is 26.4 Å². The van der Waals surface area contributed by atoms with E-state index in [2.05, 4.69) is 55.8 Å². The molecule has 0 bridgehead atoms. The molecule has 1 aromatic heterocycles. The molecule has 0 saturated carbocycles. The van der Waals surface area contributed by atoms with Crippen molar-refractivity contribution in [2.24, 2.45) is 0 Å². The number of nitrogens with one attached hydrogen (secondary N) is 1. The number of ether oxygens (including phenoxy) is 2. The molecule has 2 aliphatic heterocycles. The smallest absolute Gasteiger partial charge is 0.388 e. The SMILES string of the molecule is CCC1(CCO[Si](C)(C)C(C)(C)C)CNC2(COC2)c2ccc(OC(F)F)nc21. The second kappa shape index (κ2) is 7.87. The number of pyridine rings is 1. The van der Waals surface area contributed by atoms with Crippen LogP contribution in [0.5, 0.6) is 5.88 Å². The Morgan fingerprint density at radius 3 is 2.48 bits per heavy atom. The van der Waals surface area contributed by atoms with Crippen molar-refractivity contribution in [2.75, 3.05) is 26.4 Å². The summed E-state index contributed by atoms with van der Waals surface area (Å²) >= 11 is 0. The molecule has 1 aromatic rings. The molecule has 8 heteroatoms. The Labute approximate surface area is 173 Å². The lowest BCUT2D eigenvalue weighted by atomic mass is 9.68. The molecule has 3 heterocycles. The number of nitrogens with zero attached hydrogens (tertiary/aromatic N) is 1. The molecule has 5 nitrogen and oxygen atoms in total. The molecule has 0 radical (unpaired) electrons. The normalized spacial score (nSPS) is 23.8. The van der Waals surface area contributed by atoms with E-state index in [1.54, 1.807) is 0 Å². The summed E-state index contributed by atoms with van der Waals surface area (Å²) in [6.45, 7) is 12.9. The molecule has 1 atom stereocenters. The summed E-state index contributed by atoms with van der Waals surface area (Å²) < 4.78 is 42.1. The van der Waals surface area contributed by atoms with Crippen molar-refractivity contribution in [3.8, 4) is 5.88 Å². The third kappa shape index (κ3) is 4.22. The van der Waals surface area contributed by atoms with Gasteiger partial charge in [0.05, 0.1) is 24.4 Å². The molecule has 1 saturated heterocycles. The van der Waals surface area contributed by atoms with Crippen LogP contribution in [0.2, 0.25) is 18.1 Å². The molecule has 0 amide bonds. The molecular formula is C21H34F2N2O3Si. The van der Waals surface area contributed by atoms with E-state index in [-0.39, 0.29) is 21.9 Å². The van der Waals surface area contributed by atoms with Gasteiger partial charge in [0, 0.05) is 24.6 Å². The minimum atomic E-state index is -2.89. The Morgan fingerprint density at radius 2 is 1.97 bits per heavy atom. The van der Waals surface area contributed by atoms with E-state index in [1.807, 2.05) is 6.07 Å². The van der Waals surface area contributed by atoms with Gasteiger partial charge in [-0.1, -0.05) is 27.7 Å². The second-order valence-corrected chi connectivity index (χ2v) is 14.7. The molecular weight excluding hydrogens is 394 g/mol. The van der Waals surface area contributed by atoms with Gasteiger partial charge >= 0.3 is 6.61 Å². The predicted molar refractivity (Wildman–Crippen MR) is 111 cm³/mol. The molecule has 1 N–H and O–H groups in total. The van der Waals surface area contributed by atoms with Gasteiger partial charge in [-0.25, -0.2) is 4.98 Å². The number of hydrogen-bond acceptors (Lipinski definition) is 5. The molecule has 164 valence electrons. The van der Waals surface area contributed by atoms with Crippen LogP contribution in [0.1, 0.15) is 51.8 Å². The molecule has 2 aliphatic rings. The Kier molecular flexibility index (Phi) is 6.13. The van der Waals surface area contributed by atoms with Crippen LogP contribution in [0, 0.1) is 0 Å². The summed E-state index contributed by atoms with van der Waals surface area (Å²) in [7, 11) is -1.87. The van der Waals surface area contributed by atoms with Gasteiger partial charge in [0.15, 0.2) is 8.32 Å². The maximum Gasteiger partial charge on any atom is 0.388 e. The van der Waals surface area contributed by atoms with Gasteiger partial charge in [0.2, 0.25) is 5.88 Å². The Balaban J connectivity index is 1.89. The number of alkyl halides is 2. The summed E-state index contributed by atoms with van der Waals surface area (Å²) in [5.41, 5.74) is 1.31. The molecule has 0 aromatic carbocycles. The van der Waals surface area contributed by atoms with Crippen LogP contribution in [0.3, 0.4) is 0 Å². The first-order valence-corrected chi connectivity index (χ1v) is 13.3. The van der Waals surface area contributed by atoms with Crippen molar-refractivity contribution in [2.45, 2.75) is 76.2 Å². The third-order valence-electron chi connectivity index (χ3n) is 7.09. The van der Waals surface area contributed by atoms with Crippen molar-refractivity contribution < 1.29 is 22.7 Å². The monoisotopic (exact) mass is 428 g/mol. The van der Waals surface area contributed by atoms with E-state index >= 15 is 0 Å². The number of fused-ring (bicyclic) bond motifs is 2. The molecule has 1 unspecified atom stereocenters. The highest BCUT2D eigenvalue weighted by molar-refractivity contribution is 6.74. The predicted octanol–water partition coefficient (Wildman–Crippen LogP) is 4.57. The summed E-state index contributed by atoms with van der Waals surface area (Å²) in [5.74, 6) is -0.0285. The molecule has 1 fully saturated rings. The van der Waals surface area contributed by atoms with E-state index in [9.17, 15) is 8.78 Å². The Bertz CT molecular complexity index is 735. The van der Waals surface area contributed by atoms with E-state index in [0.717, 1.165) is 24.1 Å². The van der Waals surface area contributed by atoms with Gasteiger partial charge in [-0.3, -0.25) is 0 Å². The fourth-order valence-electron chi connectivity index (χ4n) is 3.86. The highest BCUT2D eigenvalue weighted by Crippen LogP contribution is 2.45. The van der Waals surface area contributed by atoms with Gasteiger partial charge in [-0.05, 0) is 42.6 Å². The molecule has 3 rings (SSSR count). The van der Waals surface area contributed by atoms with Crippen LogP contribution < -0.4 is 10.1 Å². The second-order valence-electron chi connectivity index (χ2n) is 9.85. The van der Waals surface area contributed by atoms with Crippen molar-refractivity contribution in [3.63, 3.8) is 0 Å². The van der Waals surface area contributed by atoms with Crippen molar-refractivity contribution in [1.82, 2.24) is 10.3 Å². The van der Waals surface area contributed by atoms with Crippen molar-refractivity contribution in [3.05, 3.63) is 23.4 Å². The number of halogens is 2. The molecule has 0 aliphatic carbocycles. The fourth-order valence-corrected chi connectivity index (χ4v) is 4.91. The van der Waals surface area contributed by atoms with E-state index in [1.165, 1.54) is 6.07 Å². The first kappa shape index (κ1) is 22.6. The molecule has 1 spiro atoms. The Morgan fingerprint density at radius 1 is 1.28 bits per heavy atom. The molecule has 29 heavy (non-hydrogen) atoms. The summed E-state index contributed by atoms with van der Waals surface area (Å²) in [6, 6.07) is 3.40. The Hall–Kier alpha value is -1.09. The minimum absolute atomic E-state index is 0.0285. The van der Waals surface area contributed by atoms with Crippen LogP contribution >= 0.6 is 0 Å². The van der Waals surface area contributed by atoms with Crippen LogP contribution in [-0.4, -0.2) is 46.3 Å². The van der Waals surface area contributed by atoms with E-state index in [4.69, 9.17) is 9.16 Å². The minimum Gasteiger partial charge on any atom is -0.417 e. The van der Waals surface area contributed by atoms with E-state index < -0.39 is 14.9 Å². The number of aromatic nitrogens is 1. The topological polar surface area (TPSA) is 52.6 Å². The fraction of sp³-hybridized carbons (Fsp3) is 0.762. The highest BCUT2D eigenvalue weighted by atomic mass is 28.4. The maximum atomic E-state index is 12.8.